The molecule has 0 aliphatic heterocycles. The summed E-state index contributed by atoms with van der Waals surface area (Å²) in [6.45, 7) is 13.2. The third-order valence-electron chi connectivity index (χ3n) is 3.65. The molecule has 0 spiro atoms. The third-order valence-corrected chi connectivity index (χ3v) is 3.90. The Kier molecular flexibility index (Phi) is 5.37. The predicted octanol–water partition coefficient (Wildman–Crippen LogP) is 4.49. The molecule has 0 radical (unpaired) electrons. The van der Waals surface area contributed by atoms with Crippen LogP contribution in [0.2, 0.25) is 5.02 Å². The Morgan fingerprint density at radius 1 is 1.20 bits per heavy atom. The average molecular weight is 363 g/mol. The second kappa shape index (κ2) is 7.00. The number of hydrogen-bond donors (Lipinski definition) is 0. The molecule has 0 saturated carbocycles. The molecule has 0 fully saturated rings. The van der Waals surface area contributed by atoms with Crippen molar-refractivity contribution in [3.05, 3.63) is 58.7 Å². The zero-order valence-electron chi connectivity index (χ0n) is 15.2. The molecule has 1 heterocycles. The first-order chi connectivity index (χ1) is 11.5. The molecule has 0 aliphatic rings. The first kappa shape index (κ1) is 19.2. The number of hydrogen-bond acceptors (Lipinski definition) is 5. The Labute approximate surface area is 153 Å². The summed E-state index contributed by atoms with van der Waals surface area (Å²) in [4.78, 5) is 16.4. The number of esters is 1. The summed E-state index contributed by atoms with van der Waals surface area (Å²) in [5.74, 6) is 0.388. The SMILES string of the molecule is C=C(Cc1nc(C(C)(C)c2ccc(Cl)cc2)no1)C(=O)OC(C)(C)C. The molecule has 134 valence electrons. The van der Waals surface area contributed by atoms with E-state index >= 15 is 0 Å². The van der Waals surface area contributed by atoms with E-state index in [1.165, 1.54) is 0 Å². The average Bonchev–Trinajstić information content (AvgIpc) is 2.95. The van der Waals surface area contributed by atoms with E-state index in [0.717, 1.165) is 5.56 Å². The molecule has 2 aromatic rings. The molecule has 0 N–H and O–H groups in total. The first-order valence-corrected chi connectivity index (χ1v) is 8.37. The van der Waals surface area contributed by atoms with Crippen LogP contribution in [-0.4, -0.2) is 21.7 Å². The minimum Gasteiger partial charge on any atom is -0.457 e. The van der Waals surface area contributed by atoms with Gasteiger partial charge in [0, 0.05) is 10.6 Å². The highest BCUT2D eigenvalue weighted by Gasteiger charge is 2.29. The highest BCUT2D eigenvalue weighted by atomic mass is 35.5. The van der Waals surface area contributed by atoms with E-state index < -0.39 is 17.0 Å². The van der Waals surface area contributed by atoms with E-state index in [9.17, 15) is 4.79 Å². The van der Waals surface area contributed by atoms with Crippen molar-refractivity contribution in [1.29, 1.82) is 0 Å². The van der Waals surface area contributed by atoms with Crippen molar-refractivity contribution >= 4 is 17.6 Å². The quantitative estimate of drug-likeness (QED) is 0.579. The van der Waals surface area contributed by atoms with Gasteiger partial charge in [-0.15, -0.1) is 0 Å². The lowest BCUT2D eigenvalue weighted by atomic mass is 9.84. The fraction of sp³-hybridized carbons (Fsp3) is 0.421. The Hall–Kier alpha value is -2.14. The van der Waals surface area contributed by atoms with Crippen LogP contribution in [0.1, 0.15) is 51.9 Å². The van der Waals surface area contributed by atoms with Gasteiger partial charge in [0.05, 0.1) is 11.8 Å². The molecule has 0 atom stereocenters. The molecule has 25 heavy (non-hydrogen) atoms. The summed E-state index contributed by atoms with van der Waals surface area (Å²) in [6, 6.07) is 7.50. The molecule has 5 nitrogen and oxygen atoms in total. The maximum atomic E-state index is 12.0. The van der Waals surface area contributed by atoms with Crippen LogP contribution in [0.25, 0.3) is 0 Å². The summed E-state index contributed by atoms with van der Waals surface area (Å²) in [7, 11) is 0. The Morgan fingerprint density at radius 3 is 2.36 bits per heavy atom. The third kappa shape index (κ3) is 4.92. The number of nitrogens with zero attached hydrogens (tertiary/aromatic N) is 2. The van der Waals surface area contributed by atoms with E-state index in [-0.39, 0.29) is 12.0 Å². The molecule has 1 aromatic heterocycles. The summed E-state index contributed by atoms with van der Waals surface area (Å²) in [6.07, 6.45) is 0.151. The number of carbonyl (C=O) groups excluding carboxylic acids is 1. The normalized spacial score (nSPS) is 12.1. The second-order valence-corrected chi connectivity index (χ2v) is 7.86. The van der Waals surface area contributed by atoms with Gasteiger partial charge < -0.3 is 9.26 Å². The van der Waals surface area contributed by atoms with Gasteiger partial charge in [-0.2, -0.15) is 4.98 Å². The Morgan fingerprint density at radius 2 is 1.80 bits per heavy atom. The van der Waals surface area contributed by atoms with E-state index in [1.807, 2.05) is 38.1 Å². The highest BCUT2D eigenvalue weighted by molar-refractivity contribution is 6.30. The molecule has 6 heteroatoms. The fourth-order valence-electron chi connectivity index (χ4n) is 2.18. The van der Waals surface area contributed by atoms with E-state index in [4.69, 9.17) is 20.9 Å². The van der Waals surface area contributed by atoms with E-state index in [2.05, 4.69) is 16.7 Å². The van der Waals surface area contributed by atoms with Gasteiger partial charge in [0.25, 0.3) is 0 Å². The van der Waals surface area contributed by atoms with Gasteiger partial charge in [-0.05, 0) is 52.3 Å². The van der Waals surface area contributed by atoms with E-state index in [0.29, 0.717) is 16.7 Å². The molecular weight excluding hydrogens is 340 g/mol. The fourth-order valence-corrected chi connectivity index (χ4v) is 2.31. The summed E-state index contributed by atoms with van der Waals surface area (Å²) in [5, 5.41) is 4.73. The highest BCUT2D eigenvalue weighted by Crippen LogP contribution is 2.30. The van der Waals surface area contributed by atoms with Gasteiger partial charge in [0.1, 0.15) is 5.60 Å². The molecule has 2 rings (SSSR count). The van der Waals surface area contributed by atoms with Crippen molar-refractivity contribution in [2.75, 3.05) is 0 Å². The number of benzene rings is 1. The monoisotopic (exact) mass is 362 g/mol. The number of rotatable bonds is 5. The minimum absolute atomic E-state index is 0.151. The van der Waals surface area contributed by atoms with Gasteiger partial charge >= 0.3 is 5.97 Å². The van der Waals surface area contributed by atoms with Gasteiger partial charge in [-0.3, -0.25) is 0 Å². The van der Waals surface area contributed by atoms with Crippen LogP contribution >= 0.6 is 11.6 Å². The topological polar surface area (TPSA) is 65.2 Å². The molecule has 1 aromatic carbocycles. The molecule has 0 aliphatic carbocycles. The van der Waals surface area contributed by atoms with Crippen LogP contribution in [0.15, 0.2) is 40.9 Å². The maximum Gasteiger partial charge on any atom is 0.334 e. The minimum atomic E-state index is -0.573. The first-order valence-electron chi connectivity index (χ1n) is 7.99. The predicted molar refractivity (Wildman–Crippen MR) is 96.6 cm³/mol. The number of aromatic nitrogens is 2. The van der Waals surface area contributed by atoms with E-state index in [1.54, 1.807) is 20.8 Å². The van der Waals surface area contributed by atoms with Gasteiger partial charge in [0.2, 0.25) is 5.89 Å². The van der Waals surface area contributed by atoms with Crippen LogP contribution in [0.5, 0.6) is 0 Å². The van der Waals surface area contributed by atoms with Crippen molar-refractivity contribution < 1.29 is 14.1 Å². The molecule has 0 amide bonds. The van der Waals surface area contributed by atoms with Crippen molar-refractivity contribution in [2.45, 2.75) is 52.1 Å². The van der Waals surface area contributed by atoms with Crippen LogP contribution < -0.4 is 0 Å². The van der Waals surface area contributed by atoms with Crippen molar-refractivity contribution in [3.8, 4) is 0 Å². The lowest BCUT2D eigenvalue weighted by Gasteiger charge is -2.21. The lowest BCUT2D eigenvalue weighted by molar-refractivity contribution is -0.150. The largest absolute Gasteiger partial charge is 0.457 e. The van der Waals surface area contributed by atoms with Crippen LogP contribution in [-0.2, 0) is 21.4 Å². The van der Waals surface area contributed by atoms with Gasteiger partial charge in [-0.1, -0.05) is 35.5 Å². The summed E-state index contributed by atoms with van der Waals surface area (Å²) >= 11 is 5.94. The Balaban J connectivity index is 2.12. The summed E-state index contributed by atoms with van der Waals surface area (Å²) in [5.41, 5.74) is 0.251. The Bertz CT molecular complexity index is 771. The van der Waals surface area contributed by atoms with Crippen molar-refractivity contribution in [2.24, 2.45) is 0 Å². The zero-order chi connectivity index (χ0) is 18.8. The van der Waals surface area contributed by atoms with Crippen LogP contribution in [0, 0.1) is 0 Å². The van der Waals surface area contributed by atoms with Crippen molar-refractivity contribution in [1.82, 2.24) is 10.1 Å². The number of halogens is 1. The number of ether oxygens (including phenoxy) is 1. The van der Waals surface area contributed by atoms with Gasteiger partial charge in [0.15, 0.2) is 5.82 Å². The smallest absolute Gasteiger partial charge is 0.334 e. The maximum absolute atomic E-state index is 12.0. The number of carbonyl (C=O) groups is 1. The molecular formula is C19H23ClN2O3. The molecule has 0 bridgehead atoms. The van der Waals surface area contributed by atoms with Crippen LogP contribution in [0.4, 0.5) is 0 Å². The standard InChI is InChI=1S/C19H23ClN2O3/c1-12(16(23)24-18(2,3)4)11-15-21-17(22-25-15)19(5,6)13-7-9-14(20)10-8-13/h7-10H,1,11H2,2-6H3. The van der Waals surface area contributed by atoms with Gasteiger partial charge in [-0.25, -0.2) is 4.79 Å². The van der Waals surface area contributed by atoms with Crippen LogP contribution in [0.3, 0.4) is 0 Å². The second-order valence-electron chi connectivity index (χ2n) is 7.43. The zero-order valence-corrected chi connectivity index (χ0v) is 16.0. The molecule has 0 saturated heterocycles. The lowest BCUT2D eigenvalue weighted by Crippen LogP contribution is -2.25. The molecule has 0 unspecified atom stereocenters. The summed E-state index contributed by atoms with van der Waals surface area (Å²) < 4.78 is 10.6. The van der Waals surface area contributed by atoms with Crippen molar-refractivity contribution in [3.63, 3.8) is 0 Å².